The topological polar surface area (TPSA) is 74.6 Å². The average Bonchev–Trinajstić information content (AvgIpc) is 2.80. The van der Waals surface area contributed by atoms with Gasteiger partial charge in [0.15, 0.2) is 0 Å². The van der Waals surface area contributed by atoms with Gasteiger partial charge in [-0.2, -0.15) is 0 Å². The number of unbranched alkanes of at least 4 members (excludes halogenated alkanes) is 8. The Morgan fingerprint density at radius 3 is 1.56 bits per heavy atom. The molecule has 0 amide bonds. The van der Waals surface area contributed by atoms with Crippen molar-refractivity contribution < 1.29 is 19.8 Å². The Kier molecular flexibility index (Phi) is 11.0. The van der Waals surface area contributed by atoms with E-state index in [1.54, 1.807) is 0 Å². The zero-order chi connectivity index (χ0) is 23.2. The largest absolute Gasteiger partial charge is 0.481 e. The highest BCUT2D eigenvalue weighted by atomic mass is 16.4. The lowest BCUT2D eigenvalue weighted by Gasteiger charge is -2.40. The highest BCUT2D eigenvalue weighted by Crippen LogP contribution is 2.45. The predicted molar refractivity (Wildman–Crippen MR) is 129 cm³/mol. The maximum absolute atomic E-state index is 12.4. The average molecular weight is 439 g/mol. The number of hydrogen-bond donors (Lipinski definition) is 2. The molecule has 0 fully saturated rings. The molecule has 1 unspecified atom stereocenters. The van der Waals surface area contributed by atoms with E-state index in [9.17, 15) is 19.8 Å². The molecule has 2 aromatic carbocycles. The van der Waals surface area contributed by atoms with Crippen LogP contribution < -0.4 is 0 Å². The first-order chi connectivity index (χ1) is 15.5. The number of hydrogen-bond acceptors (Lipinski definition) is 2. The first kappa shape index (κ1) is 25.6. The van der Waals surface area contributed by atoms with Gasteiger partial charge in [-0.05, 0) is 17.5 Å². The number of aliphatic carboxylic acids is 2. The van der Waals surface area contributed by atoms with Gasteiger partial charge in [-0.1, -0.05) is 125 Å². The van der Waals surface area contributed by atoms with Crippen LogP contribution in [0.5, 0.6) is 0 Å². The maximum atomic E-state index is 12.4. The molecule has 0 bridgehead atoms. The van der Waals surface area contributed by atoms with E-state index in [1.807, 2.05) is 60.7 Å². The standard InChI is InChI=1S/C28H38O4/c1-2-3-4-5-6-7-8-9-16-21-28(23-17-12-10-13-18-23,24-19-14-11-15-20-24)25(27(31)32)22-26(29)30/h10-15,17-20,25H,2-9,16,21-22H2,1H3,(H,29,30)(H,31,32). The van der Waals surface area contributed by atoms with Gasteiger partial charge >= 0.3 is 11.9 Å². The molecule has 0 aliphatic carbocycles. The molecule has 0 aliphatic heterocycles. The summed E-state index contributed by atoms with van der Waals surface area (Å²) in [6.45, 7) is 2.22. The summed E-state index contributed by atoms with van der Waals surface area (Å²) in [7, 11) is 0. The molecule has 0 radical (unpaired) electrons. The van der Waals surface area contributed by atoms with Crippen molar-refractivity contribution in [3.05, 3.63) is 71.8 Å². The zero-order valence-corrected chi connectivity index (χ0v) is 19.3. The Morgan fingerprint density at radius 2 is 1.16 bits per heavy atom. The van der Waals surface area contributed by atoms with E-state index < -0.39 is 29.7 Å². The van der Waals surface area contributed by atoms with Gasteiger partial charge in [0.2, 0.25) is 0 Å². The van der Waals surface area contributed by atoms with Crippen molar-refractivity contribution in [2.75, 3.05) is 0 Å². The van der Waals surface area contributed by atoms with Crippen molar-refractivity contribution in [2.24, 2.45) is 5.92 Å². The van der Waals surface area contributed by atoms with Crippen LogP contribution in [-0.4, -0.2) is 22.2 Å². The van der Waals surface area contributed by atoms with Gasteiger partial charge in [-0.15, -0.1) is 0 Å². The molecule has 32 heavy (non-hydrogen) atoms. The van der Waals surface area contributed by atoms with Gasteiger partial charge in [0.05, 0.1) is 12.3 Å². The molecule has 0 heterocycles. The van der Waals surface area contributed by atoms with Crippen LogP contribution in [0.3, 0.4) is 0 Å². The molecule has 0 aliphatic rings. The van der Waals surface area contributed by atoms with E-state index >= 15 is 0 Å². The van der Waals surface area contributed by atoms with Crippen LogP contribution in [-0.2, 0) is 15.0 Å². The van der Waals surface area contributed by atoms with E-state index in [1.165, 1.54) is 38.5 Å². The number of rotatable bonds is 16. The van der Waals surface area contributed by atoms with Gasteiger partial charge in [-0.25, -0.2) is 0 Å². The summed E-state index contributed by atoms with van der Waals surface area (Å²) < 4.78 is 0. The van der Waals surface area contributed by atoms with Crippen LogP contribution in [0.25, 0.3) is 0 Å². The molecule has 4 nitrogen and oxygen atoms in total. The molecule has 1 atom stereocenters. The molecule has 4 heteroatoms. The molecule has 0 aromatic heterocycles. The lowest BCUT2D eigenvalue weighted by atomic mass is 9.62. The summed E-state index contributed by atoms with van der Waals surface area (Å²) >= 11 is 0. The normalized spacial score (nSPS) is 12.4. The second kappa shape index (κ2) is 13.7. The second-order valence-corrected chi connectivity index (χ2v) is 8.77. The lowest BCUT2D eigenvalue weighted by molar-refractivity contribution is -0.150. The number of carboxylic acid groups (broad SMARTS) is 2. The third-order valence-corrected chi connectivity index (χ3v) is 6.52. The van der Waals surface area contributed by atoms with Crippen molar-refractivity contribution in [3.8, 4) is 0 Å². The highest BCUT2D eigenvalue weighted by Gasteiger charge is 2.46. The Labute approximate surface area is 192 Å². The zero-order valence-electron chi connectivity index (χ0n) is 19.3. The smallest absolute Gasteiger partial charge is 0.308 e. The number of carbonyl (C=O) groups is 2. The fraction of sp³-hybridized carbons (Fsp3) is 0.500. The van der Waals surface area contributed by atoms with Gasteiger partial charge in [0, 0.05) is 5.41 Å². The van der Waals surface area contributed by atoms with Crippen molar-refractivity contribution >= 4 is 11.9 Å². The number of benzene rings is 2. The van der Waals surface area contributed by atoms with Crippen LogP contribution in [0, 0.1) is 5.92 Å². The number of carboxylic acids is 2. The minimum atomic E-state index is -1.08. The Bertz CT molecular complexity index is 761. The molecule has 2 rings (SSSR count). The summed E-state index contributed by atoms with van der Waals surface area (Å²) in [5.74, 6) is -3.18. The first-order valence-electron chi connectivity index (χ1n) is 12.1. The predicted octanol–water partition coefficient (Wildman–Crippen LogP) is 7.07. The maximum Gasteiger partial charge on any atom is 0.308 e. The summed E-state index contributed by atoms with van der Waals surface area (Å²) in [5.41, 5.74) is 0.868. The Morgan fingerprint density at radius 1 is 0.719 bits per heavy atom. The van der Waals surface area contributed by atoms with Gasteiger partial charge < -0.3 is 10.2 Å². The molecule has 0 saturated heterocycles. The van der Waals surface area contributed by atoms with Gasteiger partial charge in [-0.3, -0.25) is 9.59 Å². The fourth-order valence-corrected chi connectivity index (χ4v) is 4.86. The molecule has 2 aromatic rings. The fourth-order valence-electron chi connectivity index (χ4n) is 4.86. The van der Waals surface area contributed by atoms with E-state index in [4.69, 9.17) is 0 Å². The minimum absolute atomic E-state index is 0.406. The van der Waals surface area contributed by atoms with Crippen molar-refractivity contribution in [2.45, 2.75) is 83.0 Å². The second-order valence-electron chi connectivity index (χ2n) is 8.77. The van der Waals surface area contributed by atoms with E-state index in [2.05, 4.69) is 6.92 Å². The molecule has 0 spiro atoms. The van der Waals surface area contributed by atoms with Gasteiger partial charge in [0.25, 0.3) is 0 Å². The molecular formula is C28H38O4. The van der Waals surface area contributed by atoms with Crippen molar-refractivity contribution in [3.63, 3.8) is 0 Å². The Hall–Kier alpha value is -2.62. The van der Waals surface area contributed by atoms with Gasteiger partial charge in [0.1, 0.15) is 0 Å². The quantitative estimate of drug-likeness (QED) is 0.275. The van der Waals surface area contributed by atoms with Crippen LogP contribution >= 0.6 is 0 Å². The van der Waals surface area contributed by atoms with E-state index in [-0.39, 0.29) is 0 Å². The Balaban J connectivity index is 2.27. The third-order valence-electron chi connectivity index (χ3n) is 6.52. The highest BCUT2D eigenvalue weighted by molar-refractivity contribution is 5.80. The molecular weight excluding hydrogens is 400 g/mol. The summed E-state index contributed by atoms with van der Waals surface area (Å²) in [4.78, 5) is 24.1. The monoisotopic (exact) mass is 438 g/mol. The third kappa shape index (κ3) is 7.22. The van der Waals surface area contributed by atoms with Crippen LogP contribution in [0.15, 0.2) is 60.7 Å². The molecule has 2 N–H and O–H groups in total. The SMILES string of the molecule is CCCCCCCCCCCC(c1ccccc1)(c1ccccc1)C(CC(=O)O)C(=O)O. The first-order valence-corrected chi connectivity index (χ1v) is 12.1. The molecule has 174 valence electrons. The van der Waals surface area contributed by atoms with E-state index in [0.717, 1.165) is 30.4 Å². The summed E-state index contributed by atoms with van der Waals surface area (Å²) in [5, 5.41) is 19.7. The van der Waals surface area contributed by atoms with Crippen LogP contribution in [0.1, 0.15) is 88.7 Å². The molecule has 0 saturated carbocycles. The van der Waals surface area contributed by atoms with E-state index in [0.29, 0.717) is 6.42 Å². The van der Waals surface area contributed by atoms with Crippen molar-refractivity contribution in [1.82, 2.24) is 0 Å². The summed E-state index contributed by atoms with van der Waals surface area (Å²) in [6, 6.07) is 19.2. The van der Waals surface area contributed by atoms with Crippen molar-refractivity contribution in [1.29, 1.82) is 0 Å². The van der Waals surface area contributed by atoms with Crippen LogP contribution in [0.4, 0.5) is 0 Å². The minimum Gasteiger partial charge on any atom is -0.481 e. The van der Waals surface area contributed by atoms with Crippen LogP contribution in [0.2, 0.25) is 0 Å². The summed E-state index contributed by atoms with van der Waals surface area (Å²) in [6.07, 6.45) is 10.8. The lowest BCUT2D eigenvalue weighted by Crippen LogP contribution is -2.42.